The highest BCUT2D eigenvalue weighted by Gasteiger charge is 2.10. The highest BCUT2D eigenvalue weighted by atomic mass is 79.9. The van der Waals surface area contributed by atoms with E-state index in [1.54, 1.807) is 6.07 Å². The zero-order valence-electron chi connectivity index (χ0n) is 8.23. The van der Waals surface area contributed by atoms with Crippen LogP contribution in [0.4, 0.5) is 0 Å². The maximum absolute atomic E-state index is 10.7. The summed E-state index contributed by atoms with van der Waals surface area (Å²) in [5, 5.41) is 7.86. The molecule has 5 nitrogen and oxygen atoms in total. The standard InChI is InChI=1S/C8H13BrN2O3S/c1-6(7-2-3-8(9)14-7)11-4-5-15(10,12)13/h2-3,6,11H,4-5H2,1H3,(H2,10,12,13). The summed E-state index contributed by atoms with van der Waals surface area (Å²) in [5.41, 5.74) is 0. The third-order valence-electron chi connectivity index (χ3n) is 1.86. The Morgan fingerprint density at radius 2 is 2.27 bits per heavy atom. The molecular formula is C8H13BrN2O3S. The number of halogens is 1. The van der Waals surface area contributed by atoms with Gasteiger partial charge in [-0.05, 0) is 35.0 Å². The van der Waals surface area contributed by atoms with Crippen molar-refractivity contribution < 1.29 is 12.8 Å². The van der Waals surface area contributed by atoms with E-state index in [1.165, 1.54) is 0 Å². The second-order valence-electron chi connectivity index (χ2n) is 3.18. The van der Waals surface area contributed by atoms with Crippen molar-refractivity contribution in [1.82, 2.24) is 5.32 Å². The Kier molecular flexibility index (Phi) is 4.32. The summed E-state index contributed by atoms with van der Waals surface area (Å²) in [5.74, 6) is 0.662. The zero-order valence-corrected chi connectivity index (χ0v) is 10.6. The van der Waals surface area contributed by atoms with E-state index in [0.717, 1.165) is 5.76 Å². The van der Waals surface area contributed by atoms with Gasteiger partial charge in [-0.1, -0.05) is 0 Å². The monoisotopic (exact) mass is 296 g/mol. The Labute approximate surface area is 97.2 Å². The number of primary sulfonamides is 1. The van der Waals surface area contributed by atoms with Crippen molar-refractivity contribution in [3.63, 3.8) is 0 Å². The molecule has 0 fully saturated rings. The predicted molar refractivity (Wildman–Crippen MR) is 60.8 cm³/mol. The molecule has 0 radical (unpaired) electrons. The average Bonchev–Trinajstić information content (AvgIpc) is 2.49. The van der Waals surface area contributed by atoms with Crippen molar-refractivity contribution in [2.75, 3.05) is 12.3 Å². The first-order chi connectivity index (χ1) is 6.88. The van der Waals surface area contributed by atoms with Crippen LogP contribution in [0.3, 0.4) is 0 Å². The van der Waals surface area contributed by atoms with Crippen molar-refractivity contribution in [3.8, 4) is 0 Å². The number of furan rings is 1. The molecule has 1 rings (SSSR count). The van der Waals surface area contributed by atoms with E-state index < -0.39 is 10.0 Å². The number of nitrogens with two attached hydrogens (primary N) is 1. The van der Waals surface area contributed by atoms with Gasteiger partial charge in [0.15, 0.2) is 4.67 Å². The van der Waals surface area contributed by atoms with Gasteiger partial charge < -0.3 is 9.73 Å². The van der Waals surface area contributed by atoms with Crippen LogP contribution in [0, 0.1) is 0 Å². The summed E-state index contributed by atoms with van der Waals surface area (Å²) in [6.07, 6.45) is 0. The van der Waals surface area contributed by atoms with Gasteiger partial charge in [0, 0.05) is 6.54 Å². The lowest BCUT2D eigenvalue weighted by Crippen LogP contribution is -2.28. The van der Waals surface area contributed by atoms with Crippen LogP contribution in [0.15, 0.2) is 21.2 Å². The normalized spacial score (nSPS) is 14.1. The topological polar surface area (TPSA) is 85.3 Å². The highest BCUT2D eigenvalue weighted by molar-refractivity contribution is 9.10. The minimum Gasteiger partial charge on any atom is -0.453 e. The molecule has 0 aliphatic carbocycles. The minimum atomic E-state index is -3.40. The SMILES string of the molecule is CC(NCCS(N)(=O)=O)c1ccc(Br)o1. The minimum absolute atomic E-state index is 0.0435. The smallest absolute Gasteiger partial charge is 0.210 e. The van der Waals surface area contributed by atoms with Crippen LogP contribution in [0.5, 0.6) is 0 Å². The molecule has 1 heterocycles. The molecule has 0 saturated heterocycles. The summed E-state index contributed by atoms with van der Waals surface area (Å²) in [6, 6.07) is 3.56. The molecule has 86 valence electrons. The quantitative estimate of drug-likeness (QED) is 0.848. The number of nitrogens with one attached hydrogen (secondary N) is 1. The molecule has 0 aliphatic heterocycles. The molecule has 1 atom stereocenters. The van der Waals surface area contributed by atoms with Crippen molar-refractivity contribution >= 4 is 26.0 Å². The maximum atomic E-state index is 10.7. The van der Waals surface area contributed by atoms with Crippen molar-refractivity contribution in [3.05, 3.63) is 22.6 Å². The molecule has 3 N–H and O–H groups in total. The number of hydrogen-bond acceptors (Lipinski definition) is 4. The summed E-state index contributed by atoms with van der Waals surface area (Å²) in [6.45, 7) is 2.19. The van der Waals surface area contributed by atoms with Gasteiger partial charge in [0.2, 0.25) is 10.0 Å². The van der Waals surface area contributed by atoms with Crippen LogP contribution in [-0.2, 0) is 10.0 Å². The van der Waals surface area contributed by atoms with Gasteiger partial charge in [0.25, 0.3) is 0 Å². The van der Waals surface area contributed by atoms with Crippen LogP contribution in [0.2, 0.25) is 0 Å². The summed E-state index contributed by atoms with van der Waals surface area (Å²) in [7, 11) is -3.40. The van der Waals surface area contributed by atoms with Crippen molar-refractivity contribution in [1.29, 1.82) is 0 Å². The molecule has 0 bridgehead atoms. The maximum Gasteiger partial charge on any atom is 0.210 e. The van der Waals surface area contributed by atoms with E-state index in [-0.39, 0.29) is 11.8 Å². The first-order valence-electron chi connectivity index (χ1n) is 4.37. The lowest BCUT2D eigenvalue weighted by atomic mass is 10.2. The third-order valence-corrected chi connectivity index (χ3v) is 3.06. The average molecular weight is 297 g/mol. The van der Waals surface area contributed by atoms with E-state index in [4.69, 9.17) is 9.56 Å². The van der Waals surface area contributed by atoms with E-state index in [2.05, 4.69) is 21.2 Å². The lowest BCUT2D eigenvalue weighted by molar-refractivity contribution is 0.424. The number of rotatable bonds is 5. The van der Waals surface area contributed by atoms with Gasteiger partial charge in [0.05, 0.1) is 11.8 Å². The van der Waals surface area contributed by atoms with Gasteiger partial charge in [-0.25, -0.2) is 13.6 Å². The van der Waals surface area contributed by atoms with E-state index in [9.17, 15) is 8.42 Å². The fourth-order valence-corrected chi connectivity index (χ4v) is 1.80. The first kappa shape index (κ1) is 12.7. The molecule has 0 aliphatic rings. The summed E-state index contributed by atoms with van der Waals surface area (Å²) >= 11 is 3.19. The Morgan fingerprint density at radius 3 is 2.73 bits per heavy atom. The Hall–Kier alpha value is -0.370. The predicted octanol–water partition coefficient (Wildman–Crippen LogP) is 0.981. The second-order valence-corrected chi connectivity index (χ2v) is 5.70. The lowest BCUT2D eigenvalue weighted by Gasteiger charge is -2.10. The van der Waals surface area contributed by atoms with E-state index in [1.807, 2.05) is 13.0 Å². The molecule has 1 aromatic rings. The van der Waals surface area contributed by atoms with Crippen molar-refractivity contribution in [2.24, 2.45) is 5.14 Å². The molecule has 1 aromatic heterocycles. The fraction of sp³-hybridized carbons (Fsp3) is 0.500. The number of sulfonamides is 1. The van der Waals surface area contributed by atoms with Gasteiger partial charge in [0.1, 0.15) is 5.76 Å². The molecule has 0 aromatic carbocycles. The molecule has 1 unspecified atom stereocenters. The molecule has 0 saturated carbocycles. The molecule has 0 spiro atoms. The largest absolute Gasteiger partial charge is 0.453 e. The second kappa shape index (κ2) is 5.11. The fourth-order valence-electron chi connectivity index (χ4n) is 1.08. The van der Waals surface area contributed by atoms with Crippen molar-refractivity contribution in [2.45, 2.75) is 13.0 Å². The summed E-state index contributed by atoms with van der Waals surface area (Å²) < 4.78 is 27.3. The first-order valence-corrected chi connectivity index (χ1v) is 6.88. The third kappa shape index (κ3) is 4.78. The molecule has 7 heteroatoms. The van der Waals surface area contributed by atoms with Crippen LogP contribution in [-0.4, -0.2) is 20.7 Å². The van der Waals surface area contributed by atoms with Crippen LogP contribution >= 0.6 is 15.9 Å². The molecular weight excluding hydrogens is 284 g/mol. The van der Waals surface area contributed by atoms with Crippen LogP contribution < -0.4 is 10.5 Å². The summed E-state index contributed by atoms with van der Waals surface area (Å²) in [4.78, 5) is 0. The van der Waals surface area contributed by atoms with E-state index >= 15 is 0 Å². The van der Waals surface area contributed by atoms with Gasteiger partial charge >= 0.3 is 0 Å². The Morgan fingerprint density at radius 1 is 1.60 bits per heavy atom. The Bertz CT molecular complexity index is 415. The van der Waals surface area contributed by atoms with Crippen LogP contribution in [0.1, 0.15) is 18.7 Å². The zero-order chi connectivity index (χ0) is 11.5. The van der Waals surface area contributed by atoms with Gasteiger partial charge in [-0.3, -0.25) is 0 Å². The van der Waals surface area contributed by atoms with Gasteiger partial charge in [-0.2, -0.15) is 0 Å². The van der Waals surface area contributed by atoms with E-state index in [0.29, 0.717) is 11.2 Å². The highest BCUT2D eigenvalue weighted by Crippen LogP contribution is 2.19. The van der Waals surface area contributed by atoms with Crippen LogP contribution in [0.25, 0.3) is 0 Å². The molecule has 15 heavy (non-hydrogen) atoms. The number of hydrogen-bond donors (Lipinski definition) is 2. The van der Waals surface area contributed by atoms with Gasteiger partial charge in [-0.15, -0.1) is 0 Å². The molecule has 0 amide bonds. The Balaban J connectivity index is 2.40.